The van der Waals surface area contributed by atoms with Crippen LogP contribution in [0.5, 0.6) is 0 Å². The molecular weight excluding hydrogens is 344 g/mol. The lowest BCUT2D eigenvalue weighted by molar-refractivity contribution is 0.0950. The fourth-order valence-electron chi connectivity index (χ4n) is 2.54. The lowest BCUT2D eigenvalue weighted by atomic mass is 10.2. The third-order valence-electron chi connectivity index (χ3n) is 3.92. The maximum atomic E-state index is 12.3. The van der Waals surface area contributed by atoms with Gasteiger partial charge in [0.15, 0.2) is 0 Å². The standard InChI is InChI=1S/C16H20N4O4S/c21-16(19-11-15-17-7-8-18-15)12-3-5-14(6-4-12)25(22,23)20-10-13-2-1-9-24-13/h3-8,13,20H,1-2,9-11H2,(H,17,18)(H,19,21)/t13-/m0/s1. The predicted molar refractivity (Wildman–Crippen MR) is 90.4 cm³/mol. The van der Waals surface area contributed by atoms with Crippen LogP contribution in [-0.2, 0) is 21.3 Å². The van der Waals surface area contributed by atoms with E-state index in [2.05, 4.69) is 20.0 Å². The number of aromatic nitrogens is 2. The van der Waals surface area contributed by atoms with Crippen LogP contribution in [-0.4, -0.2) is 43.5 Å². The number of ether oxygens (including phenoxy) is 1. The molecule has 3 N–H and O–H groups in total. The van der Waals surface area contributed by atoms with Crippen LogP contribution in [0.1, 0.15) is 29.0 Å². The van der Waals surface area contributed by atoms with Crippen LogP contribution in [0.2, 0.25) is 0 Å². The number of hydrogen-bond donors (Lipinski definition) is 3. The summed E-state index contributed by atoms with van der Waals surface area (Å²) in [5.41, 5.74) is 0.379. The topological polar surface area (TPSA) is 113 Å². The Morgan fingerprint density at radius 3 is 2.76 bits per heavy atom. The summed E-state index contributed by atoms with van der Waals surface area (Å²) in [5, 5.41) is 2.71. The fraction of sp³-hybridized carbons (Fsp3) is 0.375. The molecule has 0 aliphatic carbocycles. The lowest BCUT2D eigenvalue weighted by Crippen LogP contribution is -2.31. The molecule has 1 aromatic heterocycles. The third kappa shape index (κ3) is 4.65. The zero-order valence-corrected chi connectivity index (χ0v) is 14.4. The Morgan fingerprint density at radius 1 is 1.32 bits per heavy atom. The Bertz CT molecular complexity index is 797. The number of amides is 1. The molecule has 0 radical (unpaired) electrons. The molecule has 0 saturated carbocycles. The van der Waals surface area contributed by atoms with Gasteiger partial charge in [0, 0.05) is 31.1 Å². The first kappa shape index (κ1) is 17.6. The van der Waals surface area contributed by atoms with Gasteiger partial charge in [0.05, 0.1) is 17.5 Å². The molecule has 8 nitrogen and oxygen atoms in total. The number of hydrogen-bond acceptors (Lipinski definition) is 5. The molecule has 0 bridgehead atoms. The average molecular weight is 364 g/mol. The van der Waals surface area contributed by atoms with Gasteiger partial charge in [-0.25, -0.2) is 18.1 Å². The van der Waals surface area contributed by atoms with Crippen molar-refractivity contribution >= 4 is 15.9 Å². The zero-order chi connectivity index (χ0) is 17.7. The molecule has 2 aromatic rings. The number of carbonyl (C=O) groups excluding carboxylic acids is 1. The number of benzene rings is 1. The van der Waals surface area contributed by atoms with Crippen LogP contribution in [0, 0.1) is 0 Å². The van der Waals surface area contributed by atoms with E-state index in [1.54, 1.807) is 12.4 Å². The van der Waals surface area contributed by atoms with Crippen LogP contribution in [0.3, 0.4) is 0 Å². The Balaban J connectivity index is 1.57. The Labute approximate surface area is 146 Å². The lowest BCUT2D eigenvalue weighted by Gasteiger charge is -2.11. The minimum Gasteiger partial charge on any atom is -0.377 e. The molecule has 1 saturated heterocycles. The van der Waals surface area contributed by atoms with Crippen molar-refractivity contribution in [2.45, 2.75) is 30.4 Å². The van der Waals surface area contributed by atoms with E-state index in [0.29, 0.717) is 18.0 Å². The molecule has 2 heterocycles. The van der Waals surface area contributed by atoms with Crippen molar-refractivity contribution in [2.75, 3.05) is 13.2 Å². The monoisotopic (exact) mass is 364 g/mol. The summed E-state index contributed by atoms with van der Waals surface area (Å²) in [6.45, 7) is 1.21. The SMILES string of the molecule is O=C(NCc1ncc[nH]1)c1ccc(S(=O)(=O)NC[C@@H]2CCCO2)cc1. The van der Waals surface area contributed by atoms with Gasteiger partial charge in [-0.2, -0.15) is 0 Å². The molecule has 1 aliphatic rings. The number of nitrogens with one attached hydrogen (secondary N) is 3. The van der Waals surface area contributed by atoms with Crippen molar-refractivity contribution in [1.82, 2.24) is 20.0 Å². The van der Waals surface area contributed by atoms with Crippen molar-refractivity contribution in [2.24, 2.45) is 0 Å². The van der Waals surface area contributed by atoms with Crippen molar-refractivity contribution in [3.05, 3.63) is 48.0 Å². The summed E-state index contributed by atoms with van der Waals surface area (Å²) in [5.74, 6) is 0.346. The second kappa shape index (κ2) is 7.77. The van der Waals surface area contributed by atoms with Crippen LogP contribution < -0.4 is 10.0 Å². The minimum atomic E-state index is -3.61. The molecule has 1 atom stereocenters. The summed E-state index contributed by atoms with van der Waals surface area (Å²) in [4.78, 5) is 19.1. The van der Waals surface area contributed by atoms with Gasteiger partial charge in [-0.15, -0.1) is 0 Å². The smallest absolute Gasteiger partial charge is 0.251 e. The minimum absolute atomic E-state index is 0.0681. The maximum Gasteiger partial charge on any atom is 0.251 e. The number of sulfonamides is 1. The summed E-state index contributed by atoms with van der Waals surface area (Å²) in [6, 6.07) is 5.80. The maximum absolute atomic E-state index is 12.3. The quantitative estimate of drug-likeness (QED) is 0.672. The second-order valence-corrected chi connectivity index (χ2v) is 7.50. The molecule has 3 rings (SSSR count). The summed E-state index contributed by atoms with van der Waals surface area (Å²) in [6.07, 6.45) is 5.02. The van der Waals surface area contributed by atoms with Gasteiger partial charge in [0.2, 0.25) is 10.0 Å². The van der Waals surface area contributed by atoms with Crippen molar-refractivity contribution in [1.29, 1.82) is 0 Å². The van der Waals surface area contributed by atoms with E-state index >= 15 is 0 Å². The molecule has 25 heavy (non-hydrogen) atoms. The number of nitrogens with zero attached hydrogens (tertiary/aromatic N) is 1. The highest BCUT2D eigenvalue weighted by Crippen LogP contribution is 2.14. The van der Waals surface area contributed by atoms with Gasteiger partial charge in [-0.05, 0) is 37.1 Å². The van der Waals surface area contributed by atoms with Gasteiger partial charge < -0.3 is 15.0 Å². The number of rotatable bonds is 7. The van der Waals surface area contributed by atoms with E-state index in [-0.39, 0.29) is 30.0 Å². The van der Waals surface area contributed by atoms with E-state index in [9.17, 15) is 13.2 Å². The molecule has 1 aromatic carbocycles. The highest BCUT2D eigenvalue weighted by Gasteiger charge is 2.20. The van der Waals surface area contributed by atoms with Gasteiger partial charge in [-0.3, -0.25) is 4.79 Å². The summed E-state index contributed by atoms with van der Waals surface area (Å²) < 4.78 is 32.5. The Kier molecular flexibility index (Phi) is 5.47. The van der Waals surface area contributed by atoms with Crippen molar-refractivity contribution < 1.29 is 17.9 Å². The number of aromatic amines is 1. The summed E-state index contributed by atoms with van der Waals surface area (Å²) in [7, 11) is -3.61. The molecular formula is C16H20N4O4S. The van der Waals surface area contributed by atoms with Gasteiger partial charge in [-0.1, -0.05) is 0 Å². The molecule has 9 heteroatoms. The molecule has 1 fully saturated rings. The largest absolute Gasteiger partial charge is 0.377 e. The van der Waals surface area contributed by atoms with Crippen molar-refractivity contribution in [3.63, 3.8) is 0 Å². The highest BCUT2D eigenvalue weighted by atomic mass is 32.2. The predicted octanol–water partition coefficient (Wildman–Crippen LogP) is 0.797. The van der Waals surface area contributed by atoms with Gasteiger partial charge in [0.1, 0.15) is 5.82 Å². The Morgan fingerprint density at radius 2 is 2.12 bits per heavy atom. The molecule has 1 aliphatic heterocycles. The molecule has 0 unspecified atom stereocenters. The van der Waals surface area contributed by atoms with Crippen LogP contribution in [0.25, 0.3) is 0 Å². The molecule has 1 amide bonds. The van der Waals surface area contributed by atoms with Crippen LogP contribution >= 0.6 is 0 Å². The fourth-order valence-corrected chi connectivity index (χ4v) is 3.60. The zero-order valence-electron chi connectivity index (χ0n) is 13.6. The van der Waals surface area contributed by atoms with E-state index < -0.39 is 10.0 Å². The first-order valence-corrected chi connectivity index (χ1v) is 9.51. The third-order valence-corrected chi connectivity index (χ3v) is 5.36. The first-order valence-electron chi connectivity index (χ1n) is 8.02. The average Bonchev–Trinajstić information content (AvgIpc) is 3.31. The second-order valence-electron chi connectivity index (χ2n) is 5.73. The van der Waals surface area contributed by atoms with Crippen molar-refractivity contribution in [3.8, 4) is 0 Å². The molecule has 134 valence electrons. The van der Waals surface area contributed by atoms with Crippen LogP contribution in [0.4, 0.5) is 0 Å². The van der Waals surface area contributed by atoms with Gasteiger partial charge in [0.25, 0.3) is 5.91 Å². The van der Waals surface area contributed by atoms with E-state index in [4.69, 9.17) is 4.74 Å². The first-order chi connectivity index (χ1) is 12.0. The van der Waals surface area contributed by atoms with E-state index in [0.717, 1.165) is 12.8 Å². The summed E-state index contributed by atoms with van der Waals surface area (Å²) >= 11 is 0. The van der Waals surface area contributed by atoms with E-state index in [1.165, 1.54) is 24.3 Å². The molecule has 0 spiro atoms. The number of carbonyl (C=O) groups is 1. The number of H-pyrrole nitrogens is 1. The highest BCUT2D eigenvalue weighted by molar-refractivity contribution is 7.89. The van der Waals surface area contributed by atoms with E-state index in [1.807, 2.05) is 0 Å². The van der Waals surface area contributed by atoms with Gasteiger partial charge >= 0.3 is 0 Å². The normalized spacial score (nSPS) is 17.5. The number of imidazole rings is 1. The van der Waals surface area contributed by atoms with Crippen LogP contribution in [0.15, 0.2) is 41.6 Å². The Hall–Kier alpha value is -2.23.